The molecular formula is C22H42N4O17S8. The van der Waals surface area contributed by atoms with E-state index < -0.39 is 125 Å². The molecule has 0 saturated heterocycles. The number of rotatable bonds is 18. The molecule has 0 spiro atoms. The van der Waals surface area contributed by atoms with Crippen LogP contribution < -0.4 is 0 Å². The molecule has 0 aliphatic heterocycles. The molecular weight excluding hydrogens is 849 g/mol. The summed E-state index contributed by atoms with van der Waals surface area (Å²) in [5.74, 6) is 0. The van der Waals surface area contributed by atoms with E-state index in [2.05, 4.69) is 0 Å². The molecule has 0 radical (unpaired) electrons. The molecule has 0 saturated carbocycles. The largest absolute Gasteiger partial charge is 0.467 e. The van der Waals surface area contributed by atoms with Crippen molar-refractivity contribution in [1.82, 2.24) is 17.2 Å². The molecule has 4 N–H and O–H groups in total. The lowest BCUT2D eigenvalue weighted by atomic mass is 10.3. The second-order valence-corrected chi connectivity index (χ2v) is 17.9. The van der Waals surface area contributed by atoms with Gasteiger partial charge >= 0.3 is 41.2 Å². The summed E-state index contributed by atoms with van der Waals surface area (Å²) in [6, 6.07) is 0. The molecule has 0 atom stereocenters. The van der Waals surface area contributed by atoms with Crippen LogP contribution in [0.2, 0.25) is 0 Å². The van der Waals surface area contributed by atoms with Crippen LogP contribution in [-0.4, -0.2) is 153 Å². The normalized spacial score (nSPS) is 12.7. The Morgan fingerprint density at radius 2 is 0.588 bits per heavy atom. The van der Waals surface area contributed by atoms with Gasteiger partial charge in [-0.25, -0.2) is 17.2 Å². The Bertz CT molecular complexity index is 1430. The molecule has 0 bridgehead atoms. The zero-order valence-electron chi connectivity index (χ0n) is 28.4. The van der Waals surface area contributed by atoms with Gasteiger partial charge in [0.15, 0.2) is 0 Å². The summed E-state index contributed by atoms with van der Waals surface area (Å²) < 4.78 is 166. The van der Waals surface area contributed by atoms with Crippen LogP contribution in [0.15, 0.2) is 0 Å². The lowest BCUT2D eigenvalue weighted by Crippen LogP contribution is -2.54. The van der Waals surface area contributed by atoms with Crippen LogP contribution in [-0.2, 0) is 64.9 Å². The first kappa shape index (κ1) is 49.4. The van der Waals surface area contributed by atoms with Crippen molar-refractivity contribution in [2.45, 2.75) is 92.0 Å². The minimum Gasteiger partial charge on any atom is -0.467 e. The monoisotopic (exact) mass is 890 g/mol. The molecule has 0 amide bonds. The van der Waals surface area contributed by atoms with E-state index in [4.69, 9.17) is 72.6 Å². The van der Waals surface area contributed by atoms with Gasteiger partial charge in [-0.15, -0.1) is 0 Å². The van der Waals surface area contributed by atoms with Crippen molar-refractivity contribution in [3.63, 3.8) is 0 Å². The fraction of sp³-hybridized carbons (Fsp3) is 0.818. The highest BCUT2D eigenvalue weighted by Crippen LogP contribution is 2.18. The molecule has 51 heavy (non-hydrogen) atoms. The van der Waals surface area contributed by atoms with Crippen LogP contribution in [0.25, 0.3) is 0 Å². The van der Waals surface area contributed by atoms with Gasteiger partial charge in [-0.3, -0.25) is 18.2 Å². The number of hydrogen-bond donors (Lipinski definition) is 4. The molecule has 21 nitrogen and oxygen atoms in total. The van der Waals surface area contributed by atoms with Gasteiger partial charge in [0.1, 0.15) is 0 Å². The number of nitrogens with zero attached hydrogens (tertiary/aromatic N) is 4. The van der Waals surface area contributed by atoms with Gasteiger partial charge in [0.2, 0.25) is 0 Å². The predicted octanol–water partition coefficient (Wildman–Crippen LogP) is 0.999. The van der Waals surface area contributed by atoms with Crippen LogP contribution in [0.1, 0.15) is 55.4 Å². The van der Waals surface area contributed by atoms with E-state index in [-0.39, 0.29) is 17.2 Å². The average molecular weight is 891 g/mol. The van der Waals surface area contributed by atoms with Gasteiger partial charge in [-0.05, 0) is 104 Å². The highest BCUT2D eigenvalue weighted by atomic mass is 32.2. The Labute approximate surface area is 320 Å². The maximum absolute atomic E-state index is 12.5. The summed E-state index contributed by atoms with van der Waals surface area (Å²) in [4.78, 5) is 0. The van der Waals surface area contributed by atoms with Crippen LogP contribution in [0.4, 0.5) is 0 Å². The van der Waals surface area contributed by atoms with Crippen molar-refractivity contribution >= 4 is 111 Å². The van der Waals surface area contributed by atoms with Gasteiger partial charge in [0.25, 0.3) is 20.7 Å². The first-order chi connectivity index (χ1) is 22.8. The molecule has 0 fully saturated rings. The zero-order chi connectivity index (χ0) is 40.4. The summed E-state index contributed by atoms with van der Waals surface area (Å²) in [5, 5.41) is -3.63. The van der Waals surface area contributed by atoms with E-state index in [0.717, 1.165) is 0 Å². The van der Waals surface area contributed by atoms with Gasteiger partial charge in [-0.1, -0.05) is 0 Å². The fourth-order valence-corrected chi connectivity index (χ4v) is 7.94. The SMILES string of the molecule is CC(C)OC(=S)N(CC(CN(C(=S)OC(C)C)S(=O)(=O)O)OC(CN(C(=S)OC(C)C)S(=O)(=O)O)CN(C(=S)OC(C)C)S(=O)(=O)O)S(=O)(=O)O. The van der Waals surface area contributed by atoms with Crippen molar-refractivity contribution in [3.05, 3.63) is 0 Å². The molecule has 300 valence electrons. The summed E-state index contributed by atoms with van der Waals surface area (Å²) in [5.41, 5.74) is 0. The molecule has 0 aliphatic carbocycles. The highest BCUT2D eigenvalue weighted by Gasteiger charge is 2.39. The third-order valence-electron chi connectivity index (χ3n) is 5.14. The number of ether oxygens (including phenoxy) is 5. The van der Waals surface area contributed by atoms with E-state index in [1.165, 1.54) is 55.4 Å². The van der Waals surface area contributed by atoms with Crippen molar-refractivity contribution in [1.29, 1.82) is 0 Å². The molecule has 0 unspecified atom stereocenters. The maximum atomic E-state index is 12.5. The molecule has 0 rings (SSSR count). The highest BCUT2D eigenvalue weighted by molar-refractivity contribution is 7.88. The van der Waals surface area contributed by atoms with Gasteiger partial charge in [0, 0.05) is 0 Å². The topological polar surface area (TPSA) is 277 Å². The van der Waals surface area contributed by atoms with Crippen LogP contribution in [0.5, 0.6) is 0 Å². The standard InChI is InChI=1S/C22H42N4O17S8/c1-13(2)39-19(44)23(48(27,28)29)9-17(10-24(49(30,31)32)20(45)40-14(3)4)43-18(11-25(50(33,34)35)21(46)41-15(5)6)12-26(51(36,37)38)22(47)42-16(7)8/h13-18H,9-12H2,1-8H3,(H,27,28,29)(H,30,31,32)(H,33,34,35)(H,36,37,38). The Morgan fingerprint density at radius 1 is 0.431 bits per heavy atom. The summed E-state index contributed by atoms with van der Waals surface area (Å²) in [6.07, 6.45) is -7.27. The smallest absolute Gasteiger partial charge is 0.363 e. The lowest BCUT2D eigenvalue weighted by molar-refractivity contribution is -0.0312. The summed E-state index contributed by atoms with van der Waals surface area (Å²) >= 11 is 19.9. The Kier molecular flexibility index (Phi) is 19.5. The molecule has 29 heteroatoms. The van der Waals surface area contributed by atoms with E-state index in [1.54, 1.807) is 0 Å². The maximum Gasteiger partial charge on any atom is 0.363 e. The first-order valence-electron chi connectivity index (χ1n) is 14.3. The van der Waals surface area contributed by atoms with Crippen LogP contribution >= 0.6 is 48.9 Å². The summed E-state index contributed by atoms with van der Waals surface area (Å²) in [7, 11) is -21.5. The predicted molar refractivity (Wildman–Crippen MR) is 197 cm³/mol. The van der Waals surface area contributed by atoms with Crippen LogP contribution in [0, 0.1) is 0 Å². The van der Waals surface area contributed by atoms with Crippen molar-refractivity contribution in [2.75, 3.05) is 26.2 Å². The van der Waals surface area contributed by atoms with Crippen molar-refractivity contribution in [3.8, 4) is 0 Å². The summed E-state index contributed by atoms with van der Waals surface area (Å²) in [6.45, 7) is 6.58. The van der Waals surface area contributed by atoms with E-state index in [0.29, 0.717) is 0 Å². The third-order valence-corrected chi connectivity index (χ3v) is 10.4. The number of hydrogen-bond acceptors (Lipinski definition) is 17. The number of thiocarbonyl (C=S) groups is 4. The molecule has 0 heterocycles. The molecule has 0 aromatic carbocycles. The fourth-order valence-electron chi connectivity index (χ4n) is 3.39. The van der Waals surface area contributed by atoms with Crippen molar-refractivity contribution in [2.24, 2.45) is 0 Å². The molecule has 0 aliphatic rings. The second kappa shape index (κ2) is 20.2. The zero-order valence-corrected chi connectivity index (χ0v) is 35.0. The third kappa shape index (κ3) is 18.8. The Balaban J connectivity index is 7.67. The minimum atomic E-state index is -5.38. The van der Waals surface area contributed by atoms with Gasteiger partial charge in [0.05, 0.1) is 62.8 Å². The second-order valence-electron chi connectivity index (χ2n) is 11.1. The van der Waals surface area contributed by atoms with E-state index in [9.17, 15) is 51.9 Å². The molecule has 0 aromatic heterocycles. The Morgan fingerprint density at radius 3 is 0.706 bits per heavy atom. The van der Waals surface area contributed by atoms with Gasteiger partial charge in [-0.2, -0.15) is 33.7 Å². The van der Waals surface area contributed by atoms with Crippen LogP contribution in [0.3, 0.4) is 0 Å². The minimum absolute atomic E-state index is 0.0126. The molecule has 0 aromatic rings. The van der Waals surface area contributed by atoms with Gasteiger partial charge < -0.3 is 23.7 Å². The Hall–Kier alpha value is -1.64. The first-order valence-corrected chi connectivity index (χ1v) is 21.5. The van der Waals surface area contributed by atoms with E-state index >= 15 is 0 Å². The van der Waals surface area contributed by atoms with Crippen molar-refractivity contribution < 1.29 is 75.6 Å². The van der Waals surface area contributed by atoms with E-state index in [1.807, 2.05) is 0 Å². The average Bonchev–Trinajstić information content (AvgIpc) is 2.86. The lowest BCUT2D eigenvalue weighted by Gasteiger charge is -2.35. The quantitative estimate of drug-likeness (QED) is 0.110.